The van der Waals surface area contributed by atoms with Crippen molar-refractivity contribution in [2.45, 2.75) is 51.1 Å². The third kappa shape index (κ3) is 2.77. The summed E-state index contributed by atoms with van der Waals surface area (Å²) in [6.07, 6.45) is 12.5. The number of pyridine rings is 1. The van der Waals surface area contributed by atoms with Crippen LogP contribution in [0.5, 0.6) is 0 Å². The average Bonchev–Trinajstić information content (AvgIpc) is 2.98. The van der Waals surface area contributed by atoms with Crippen molar-refractivity contribution in [3.8, 4) is 0 Å². The number of hydrogen-bond donors (Lipinski definition) is 0. The number of likely N-dealkylation sites (tertiary alicyclic amines) is 1. The molecule has 0 amide bonds. The van der Waals surface area contributed by atoms with Crippen molar-refractivity contribution in [1.29, 1.82) is 0 Å². The first-order valence-electron chi connectivity index (χ1n) is 7.16. The lowest BCUT2D eigenvalue weighted by atomic mass is 9.96. The van der Waals surface area contributed by atoms with Gasteiger partial charge in [0.05, 0.1) is 0 Å². The highest BCUT2D eigenvalue weighted by Gasteiger charge is 2.32. The fraction of sp³-hybridized carbons (Fsp3) is 0.667. The van der Waals surface area contributed by atoms with E-state index in [1.165, 1.54) is 50.6 Å². The Bertz CT molecular complexity index is 401. The summed E-state index contributed by atoms with van der Waals surface area (Å²) in [4.78, 5) is 6.97. The van der Waals surface area contributed by atoms with Gasteiger partial charge >= 0.3 is 0 Å². The zero-order valence-electron chi connectivity index (χ0n) is 10.8. The van der Waals surface area contributed by atoms with E-state index in [1.807, 2.05) is 12.4 Å². The lowest BCUT2D eigenvalue weighted by Crippen LogP contribution is -2.34. The van der Waals surface area contributed by atoms with Crippen molar-refractivity contribution in [1.82, 2.24) is 9.88 Å². The molecule has 0 spiro atoms. The van der Waals surface area contributed by atoms with Crippen molar-refractivity contribution >= 4 is 15.9 Å². The minimum Gasteiger partial charge on any atom is -0.296 e. The fourth-order valence-corrected chi connectivity index (χ4v) is 4.11. The number of nitrogens with zero attached hydrogens (tertiary/aromatic N) is 2. The van der Waals surface area contributed by atoms with Crippen molar-refractivity contribution < 1.29 is 0 Å². The van der Waals surface area contributed by atoms with Gasteiger partial charge in [-0.3, -0.25) is 9.88 Å². The molecule has 1 aromatic rings. The topological polar surface area (TPSA) is 16.1 Å². The minimum absolute atomic E-state index is 0.839. The van der Waals surface area contributed by atoms with Crippen LogP contribution in [-0.2, 0) is 6.54 Å². The molecule has 1 aliphatic carbocycles. The lowest BCUT2D eigenvalue weighted by Gasteiger charge is -2.29. The van der Waals surface area contributed by atoms with Crippen LogP contribution in [0.25, 0.3) is 0 Å². The van der Waals surface area contributed by atoms with Crippen LogP contribution in [0, 0.1) is 5.92 Å². The average molecular weight is 309 g/mol. The van der Waals surface area contributed by atoms with Crippen molar-refractivity contribution in [2.24, 2.45) is 5.92 Å². The Morgan fingerprint density at radius 2 is 2.00 bits per heavy atom. The normalized spacial score (nSPS) is 25.9. The van der Waals surface area contributed by atoms with E-state index >= 15 is 0 Å². The van der Waals surface area contributed by atoms with Gasteiger partial charge in [0, 0.05) is 29.5 Å². The maximum absolute atomic E-state index is 4.28. The molecule has 18 heavy (non-hydrogen) atoms. The smallest absolute Gasteiger partial charge is 0.0410 e. The Hall–Kier alpha value is -0.410. The van der Waals surface area contributed by atoms with Gasteiger partial charge in [0.15, 0.2) is 0 Å². The highest BCUT2D eigenvalue weighted by molar-refractivity contribution is 9.10. The molecule has 2 aliphatic rings. The van der Waals surface area contributed by atoms with Crippen LogP contribution in [0.15, 0.2) is 22.9 Å². The molecule has 1 unspecified atom stereocenters. The zero-order valence-corrected chi connectivity index (χ0v) is 12.4. The predicted molar refractivity (Wildman–Crippen MR) is 77.3 cm³/mol. The molecule has 1 atom stereocenters. The van der Waals surface area contributed by atoms with E-state index in [0.717, 1.165) is 23.0 Å². The van der Waals surface area contributed by atoms with Crippen LogP contribution >= 0.6 is 15.9 Å². The molecular weight excluding hydrogens is 288 g/mol. The first-order chi connectivity index (χ1) is 8.83. The van der Waals surface area contributed by atoms with Gasteiger partial charge in [0.2, 0.25) is 0 Å². The quantitative estimate of drug-likeness (QED) is 0.839. The standard InChI is InChI=1S/C15H21BrN2/c16-14-8-12(9-17-10-14)11-18-7-3-6-15(18)13-4-1-2-5-13/h8-10,13,15H,1-7,11H2. The summed E-state index contributed by atoms with van der Waals surface area (Å²) in [6.45, 7) is 2.35. The maximum atomic E-state index is 4.28. The molecule has 2 fully saturated rings. The van der Waals surface area contributed by atoms with Gasteiger partial charge in [0.25, 0.3) is 0 Å². The maximum Gasteiger partial charge on any atom is 0.0410 e. The third-order valence-electron chi connectivity index (χ3n) is 4.51. The van der Waals surface area contributed by atoms with Crippen molar-refractivity contribution in [3.05, 3.63) is 28.5 Å². The number of halogens is 1. The van der Waals surface area contributed by atoms with E-state index in [9.17, 15) is 0 Å². The van der Waals surface area contributed by atoms with Gasteiger partial charge in [-0.2, -0.15) is 0 Å². The fourth-order valence-electron chi connectivity index (χ4n) is 3.70. The van der Waals surface area contributed by atoms with Crippen LogP contribution in [0.4, 0.5) is 0 Å². The monoisotopic (exact) mass is 308 g/mol. The largest absolute Gasteiger partial charge is 0.296 e. The zero-order chi connectivity index (χ0) is 12.4. The van der Waals surface area contributed by atoms with Crippen LogP contribution in [0.2, 0.25) is 0 Å². The van der Waals surface area contributed by atoms with Crippen molar-refractivity contribution in [2.75, 3.05) is 6.54 Å². The molecule has 1 saturated heterocycles. The Balaban J connectivity index is 1.67. The van der Waals surface area contributed by atoms with E-state index in [-0.39, 0.29) is 0 Å². The molecule has 0 bridgehead atoms. The van der Waals surface area contributed by atoms with Gasteiger partial charge in [0.1, 0.15) is 0 Å². The molecule has 98 valence electrons. The first kappa shape index (κ1) is 12.6. The number of aromatic nitrogens is 1. The summed E-state index contributed by atoms with van der Waals surface area (Å²) in [5.41, 5.74) is 1.34. The Morgan fingerprint density at radius 1 is 1.17 bits per heavy atom. The van der Waals surface area contributed by atoms with Gasteiger partial charge in [-0.05, 0) is 65.7 Å². The van der Waals surface area contributed by atoms with Crippen LogP contribution in [-0.4, -0.2) is 22.5 Å². The van der Waals surface area contributed by atoms with Crippen molar-refractivity contribution in [3.63, 3.8) is 0 Å². The highest BCUT2D eigenvalue weighted by atomic mass is 79.9. The van der Waals surface area contributed by atoms with E-state index in [1.54, 1.807) is 0 Å². The SMILES string of the molecule is Brc1cncc(CN2CCCC2C2CCCC2)c1. The second-order valence-corrected chi connectivity index (χ2v) is 6.65. The summed E-state index contributed by atoms with van der Waals surface area (Å²) < 4.78 is 1.09. The predicted octanol–water partition coefficient (Wildman–Crippen LogP) is 4.00. The summed E-state index contributed by atoms with van der Waals surface area (Å²) >= 11 is 3.51. The second-order valence-electron chi connectivity index (χ2n) is 5.74. The summed E-state index contributed by atoms with van der Waals surface area (Å²) in [6, 6.07) is 3.04. The molecule has 0 radical (unpaired) electrons. The molecule has 3 rings (SSSR count). The molecule has 0 aromatic carbocycles. The van der Waals surface area contributed by atoms with Crippen LogP contribution in [0.1, 0.15) is 44.1 Å². The van der Waals surface area contributed by atoms with Gasteiger partial charge < -0.3 is 0 Å². The number of rotatable bonds is 3. The Morgan fingerprint density at radius 3 is 2.78 bits per heavy atom. The van der Waals surface area contributed by atoms with E-state index < -0.39 is 0 Å². The lowest BCUT2D eigenvalue weighted by molar-refractivity contribution is 0.183. The van der Waals surface area contributed by atoms with Gasteiger partial charge in [-0.15, -0.1) is 0 Å². The first-order valence-corrected chi connectivity index (χ1v) is 7.96. The van der Waals surface area contributed by atoms with Gasteiger partial charge in [-0.25, -0.2) is 0 Å². The van der Waals surface area contributed by atoms with Crippen LogP contribution < -0.4 is 0 Å². The second kappa shape index (κ2) is 5.70. The molecule has 3 heteroatoms. The van der Waals surface area contributed by atoms with E-state index in [4.69, 9.17) is 0 Å². The van der Waals surface area contributed by atoms with Gasteiger partial charge in [-0.1, -0.05) is 12.8 Å². The summed E-state index contributed by atoms with van der Waals surface area (Å²) in [5.74, 6) is 0.965. The summed E-state index contributed by atoms with van der Waals surface area (Å²) in [7, 11) is 0. The van der Waals surface area contributed by atoms with Crippen LogP contribution in [0.3, 0.4) is 0 Å². The molecule has 1 aromatic heterocycles. The Labute approximate surface area is 118 Å². The minimum atomic E-state index is 0.839. The molecule has 1 saturated carbocycles. The van der Waals surface area contributed by atoms with E-state index in [2.05, 4.69) is 31.9 Å². The summed E-state index contributed by atoms with van der Waals surface area (Å²) in [5, 5.41) is 0. The molecule has 2 heterocycles. The van der Waals surface area contributed by atoms with E-state index in [0.29, 0.717) is 0 Å². The molecule has 1 aliphatic heterocycles. The molecule has 2 nitrogen and oxygen atoms in total. The number of hydrogen-bond acceptors (Lipinski definition) is 2. The molecule has 0 N–H and O–H groups in total. The highest BCUT2D eigenvalue weighted by Crippen LogP contribution is 2.36. The Kier molecular flexibility index (Phi) is 4.00. The third-order valence-corrected chi connectivity index (χ3v) is 4.94. The molecular formula is C15H21BrN2.